The summed E-state index contributed by atoms with van der Waals surface area (Å²) in [6.45, 7) is 20.5. The summed E-state index contributed by atoms with van der Waals surface area (Å²) in [5.41, 5.74) is 3.45. The van der Waals surface area contributed by atoms with Crippen molar-refractivity contribution < 1.29 is 42.3 Å². The fourth-order valence-electron chi connectivity index (χ4n) is 11.2. The molecule has 0 radical (unpaired) electrons. The highest BCUT2D eigenvalue weighted by Crippen LogP contribution is 2.60. The van der Waals surface area contributed by atoms with E-state index >= 15 is 0 Å². The normalized spacial score (nSPS) is 43.9. The topological polar surface area (TPSA) is 90.9 Å². The highest BCUT2D eigenvalue weighted by Gasteiger charge is 2.59. The van der Waals surface area contributed by atoms with Gasteiger partial charge in [0.1, 0.15) is 36.3 Å². The van der Waals surface area contributed by atoms with E-state index < -0.39 is 15.1 Å². The minimum Gasteiger partial charge on any atom is -0.374 e. The van der Waals surface area contributed by atoms with Crippen LogP contribution in [0.5, 0.6) is 0 Å². The Labute approximate surface area is 376 Å². The van der Waals surface area contributed by atoms with Crippen LogP contribution in [0.3, 0.4) is 0 Å². The maximum absolute atomic E-state index is 14.3. The second-order valence-corrected chi connectivity index (χ2v) is 32.8. The molecule has 9 nitrogen and oxygen atoms in total. The van der Waals surface area contributed by atoms with Crippen LogP contribution in [0.25, 0.3) is 0 Å². The van der Waals surface area contributed by atoms with Crippen LogP contribution in [0.1, 0.15) is 111 Å². The van der Waals surface area contributed by atoms with E-state index in [1.807, 2.05) is 0 Å². The number of ether oxygens (including phenoxy) is 6. The van der Waals surface area contributed by atoms with Crippen molar-refractivity contribution in [3.8, 4) is 0 Å². The van der Waals surface area contributed by atoms with Gasteiger partial charge in [-0.3, -0.25) is 4.79 Å². The van der Waals surface area contributed by atoms with Crippen LogP contribution in [0.4, 0.5) is 0 Å². The summed E-state index contributed by atoms with van der Waals surface area (Å²) in [7, 11) is 13.2. The van der Waals surface area contributed by atoms with Gasteiger partial charge in [0.2, 0.25) is 0 Å². The monoisotopic (exact) mass is 982 g/mol. The van der Waals surface area contributed by atoms with E-state index in [0.717, 1.165) is 83.6 Å². The van der Waals surface area contributed by atoms with E-state index in [1.165, 1.54) is 18.2 Å². The molecule has 24 atom stereocenters. The Kier molecular flexibility index (Phi) is 19.0. The number of Topliss-reactive ketones (excluding diaryl/α,β-unsaturated/α-hetero) is 1. The molecular formula is C43H74O9P8. The van der Waals surface area contributed by atoms with E-state index in [0.29, 0.717) is 31.1 Å². The SMILES string of the molecule is C=C1CCC2CC(=C)C(CCC3C[C@@H](C)C(=C)[C@@H](CC4O[C@H](C[C@H](C)CCPP)[C@H](C)C4CC(=O)C[C@H]4CC[C@@H]5O[C@@H]6[C@@H](OC(C1)[C@@H]6OP(P)P)[C@@H](OP(P)P)[C@H]5O4)O3)O2. The van der Waals surface area contributed by atoms with Crippen molar-refractivity contribution in [3.63, 3.8) is 0 Å². The van der Waals surface area contributed by atoms with Crippen LogP contribution in [0, 0.1) is 23.7 Å². The smallest absolute Gasteiger partial charge is 0.135 e. The van der Waals surface area contributed by atoms with Crippen molar-refractivity contribution in [3.05, 3.63) is 36.5 Å². The molecular weight excluding hydrogens is 908 g/mol. The van der Waals surface area contributed by atoms with Gasteiger partial charge in [0.25, 0.3) is 0 Å². The van der Waals surface area contributed by atoms with Crippen LogP contribution < -0.4 is 0 Å². The molecule has 0 aromatic rings. The van der Waals surface area contributed by atoms with Gasteiger partial charge in [0.15, 0.2) is 0 Å². The Morgan fingerprint density at radius 3 is 2.17 bits per heavy atom. The maximum atomic E-state index is 14.3. The fourth-order valence-corrected chi connectivity index (χ4v) is 15.1. The Balaban J connectivity index is 1.14. The highest BCUT2D eigenvalue weighted by atomic mass is 32.4. The van der Waals surface area contributed by atoms with Crippen LogP contribution in [0.2, 0.25) is 0 Å². The molecule has 12 unspecified atom stereocenters. The second kappa shape index (κ2) is 22.9. The van der Waals surface area contributed by atoms with Gasteiger partial charge in [-0.2, -0.15) is 0 Å². The van der Waals surface area contributed by atoms with E-state index in [4.69, 9.17) is 37.5 Å². The Morgan fingerprint density at radius 1 is 0.733 bits per heavy atom. The molecule has 0 aliphatic carbocycles. The Hall–Kier alpha value is 2.01. The quantitative estimate of drug-likeness (QED) is 0.165. The van der Waals surface area contributed by atoms with Gasteiger partial charge in [-0.1, -0.05) is 81.8 Å². The first-order valence-corrected chi connectivity index (χ1v) is 34.5. The van der Waals surface area contributed by atoms with Crippen LogP contribution in [0.15, 0.2) is 36.5 Å². The van der Waals surface area contributed by atoms with Crippen LogP contribution >= 0.6 is 68.0 Å². The molecule has 7 aliphatic rings. The van der Waals surface area contributed by atoms with Gasteiger partial charge < -0.3 is 37.5 Å². The Morgan fingerprint density at radius 2 is 1.42 bits per heavy atom. The highest BCUT2D eigenvalue weighted by molar-refractivity contribution is 8.41. The fraction of sp³-hybridized carbons (Fsp3) is 0.837. The number of carbonyl (C=O) groups is 1. The molecule has 60 heavy (non-hydrogen) atoms. The summed E-state index contributed by atoms with van der Waals surface area (Å²) < 4.78 is 54.8. The lowest BCUT2D eigenvalue weighted by Crippen LogP contribution is -2.61. The first-order chi connectivity index (χ1) is 28.7. The zero-order valence-electron chi connectivity index (χ0n) is 36.1. The molecule has 17 heteroatoms. The number of ketones is 1. The van der Waals surface area contributed by atoms with Gasteiger partial charge in [-0.25, -0.2) is 0 Å². The van der Waals surface area contributed by atoms with E-state index in [9.17, 15) is 4.79 Å². The third-order valence-electron chi connectivity index (χ3n) is 14.6. The van der Waals surface area contributed by atoms with Gasteiger partial charge >= 0.3 is 0 Å². The zero-order valence-corrected chi connectivity index (χ0v) is 44.6. The van der Waals surface area contributed by atoms with E-state index in [2.05, 4.69) is 85.2 Å². The van der Waals surface area contributed by atoms with Crippen molar-refractivity contribution in [2.24, 2.45) is 23.7 Å². The summed E-state index contributed by atoms with van der Waals surface area (Å²) in [5, 5.41) is 0. The Bertz CT molecular complexity index is 1510. The zero-order chi connectivity index (χ0) is 42.8. The van der Waals surface area contributed by atoms with Gasteiger partial charge in [-0.05, 0) is 112 Å². The van der Waals surface area contributed by atoms with Gasteiger partial charge in [-0.15, -0.1) is 17.2 Å². The van der Waals surface area contributed by atoms with Crippen molar-refractivity contribution in [2.75, 3.05) is 6.16 Å². The van der Waals surface area contributed by atoms with E-state index in [-0.39, 0.29) is 103 Å². The molecule has 0 spiro atoms. The number of hydrogen-bond donors (Lipinski definition) is 0. The van der Waals surface area contributed by atoms with E-state index in [1.54, 1.807) is 0 Å². The van der Waals surface area contributed by atoms with Crippen molar-refractivity contribution in [1.82, 2.24) is 0 Å². The second-order valence-electron chi connectivity index (χ2n) is 19.1. The molecule has 340 valence electrons. The number of carbonyl (C=O) groups excluding carboxylic acids is 1. The molecule has 7 heterocycles. The number of fused-ring (bicyclic) bond motifs is 7. The van der Waals surface area contributed by atoms with Crippen LogP contribution in [-0.4, -0.2) is 97.4 Å². The summed E-state index contributed by atoms with van der Waals surface area (Å²) in [6.07, 6.45) is 10.5. The minimum atomic E-state index is -0.901. The van der Waals surface area contributed by atoms with Crippen molar-refractivity contribution in [2.45, 2.75) is 196 Å². The van der Waals surface area contributed by atoms with Gasteiger partial charge in [0.05, 0.1) is 70.0 Å². The first-order valence-electron chi connectivity index (χ1n) is 22.5. The van der Waals surface area contributed by atoms with Crippen molar-refractivity contribution >= 4 is 73.7 Å². The maximum Gasteiger partial charge on any atom is 0.135 e. The third kappa shape index (κ3) is 12.6. The molecule has 0 aromatic carbocycles. The summed E-state index contributed by atoms with van der Waals surface area (Å²) in [4.78, 5) is 14.3. The lowest BCUT2D eigenvalue weighted by atomic mass is 9.78. The standard InChI is InChI=1S/C43H74O9P8/c1-22-7-8-29-18-25(4)33(45-29)11-9-30-17-24(3)26(5)36(46-30)21-37-32(27(6)35(48-37)15-23(2)13-14-58-53)20-28(44)19-31-10-12-34-39(47-31)43(52-60(56)57)42-41(49-34)40(51-59(54)55)38(16-22)50-42/h23-24,27,29-43,58H,1,4-5,7-21,53-57H2,2-3,6H3/t23-,24-,27-,29?,30?,31-,32?,33?,34+,35-,36-,37?,38?,39+,40+,41+,42-,43+/m1/s1. The average molecular weight is 983 g/mol. The molecule has 8 bridgehead atoms. The van der Waals surface area contributed by atoms with Gasteiger partial charge in [0, 0.05) is 19.3 Å². The molecule has 0 aromatic heterocycles. The predicted octanol–water partition coefficient (Wildman–Crippen LogP) is 11.0. The summed E-state index contributed by atoms with van der Waals surface area (Å²) in [5.74, 6) is 1.51. The molecule has 0 amide bonds. The summed E-state index contributed by atoms with van der Waals surface area (Å²) in [6, 6.07) is 0. The minimum absolute atomic E-state index is 0.0326. The average Bonchev–Trinajstić information content (AvgIpc) is 3.81. The molecule has 7 rings (SSSR count). The lowest BCUT2D eigenvalue weighted by Gasteiger charge is -2.48. The molecule has 0 N–H and O–H groups in total. The molecule has 7 saturated heterocycles. The third-order valence-corrected chi connectivity index (χ3v) is 18.4. The van der Waals surface area contributed by atoms with Crippen LogP contribution in [-0.2, 0) is 42.3 Å². The molecule has 7 fully saturated rings. The number of rotatable bonds is 9. The largest absolute Gasteiger partial charge is 0.374 e. The first kappa shape index (κ1) is 49.9. The molecule has 7 aliphatic heterocycles. The number of hydrogen-bond acceptors (Lipinski definition) is 9. The summed E-state index contributed by atoms with van der Waals surface area (Å²) >= 11 is 0. The van der Waals surface area contributed by atoms with Crippen molar-refractivity contribution in [1.29, 1.82) is 0 Å². The predicted molar refractivity (Wildman–Crippen MR) is 265 cm³/mol. The molecule has 0 saturated carbocycles. The lowest BCUT2D eigenvalue weighted by molar-refractivity contribution is -0.251.